The van der Waals surface area contributed by atoms with Gasteiger partial charge in [0.25, 0.3) is 5.91 Å². The molecule has 0 aliphatic carbocycles. The first-order valence-corrected chi connectivity index (χ1v) is 5.79. The maximum absolute atomic E-state index is 11.2. The van der Waals surface area contributed by atoms with E-state index >= 15 is 0 Å². The summed E-state index contributed by atoms with van der Waals surface area (Å²) in [6.45, 7) is 3.92. The van der Waals surface area contributed by atoms with Crippen molar-refractivity contribution in [1.29, 1.82) is 0 Å². The van der Waals surface area contributed by atoms with Gasteiger partial charge in [-0.3, -0.25) is 4.79 Å². The van der Waals surface area contributed by atoms with Crippen LogP contribution < -0.4 is 10.1 Å². The van der Waals surface area contributed by atoms with Gasteiger partial charge in [-0.15, -0.1) is 0 Å². The van der Waals surface area contributed by atoms with E-state index in [2.05, 4.69) is 5.32 Å². The highest BCUT2D eigenvalue weighted by molar-refractivity contribution is 6.30. The van der Waals surface area contributed by atoms with Crippen LogP contribution in [0.4, 0.5) is 0 Å². The summed E-state index contributed by atoms with van der Waals surface area (Å²) in [6, 6.07) is 5.39. The molecule has 1 aromatic rings. The normalized spacial score (nSPS) is 23.6. The van der Waals surface area contributed by atoms with Gasteiger partial charge >= 0.3 is 0 Å². The molecule has 1 aromatic carbocycles. The molecule has 1 fully saturated rings. The molecular formula is C12H14ClNO3. The summed E-state index contributed by atoms with van der Waals surface area (Å²) < 4.78 is 10.9. The van der Waals surface area contributed by atoms with Crippen molar-refractivity contribution >= 4 is 17.5 Å². The van der Waals surface area contributed by atoms with Gasteiger partial charge in [-0.2, -0.15) is 0 Å². The molecule has 2 atom stereocenters. The van der Waals surface area contributed by atoms with Crippen LogP contribution in [0.3, 0.4) is 0 Å². The predicted molar refractivity (Wildman–Crippen MR) is 64.2 cm³/mol. The standard InChI is InChI=1S/C12H14ClNO3/c1-7-5-9(13)3-4-10(7)16-6-11-14-12(15)8(2)17-11/h3-5,8,11H,6H2,1-2H3,(H,14,15)/t8-,11+/m1/s1. The zero-order valence-electron chi connectivity index (χ0n) is 9.70. The molecule has 0 unspecified atom stereocenters. The van der Waals surface area contributed by atoms with Crippen molar-refractivity contribution in [3.05, 3.63) is 28.8 Å². The number of amides is 1. The lowest BCUT2D eigenvalue weighted by molar-refractivity contribution is -0.122. The maximum Gasteiger partial charge on any atom is 0.251 e. The highest BCUT2D eigenvalue weighted by atomic mass is 35.5. The van der Waals surface area contributed by atoms with Gasteiger partial charge in [-0.25, -0.2) is 0 Å². The molecule has 0 aromatic heterocycles. The lowest BCUT2D eigenvalue weighted by Crippen LogP contribution is -2.32. The average molecular weight is 256 g/mol. The molecule has 0 radical (unpaired) electrons. The Morgan fingerprint density at radius 2 is 2.29 bits per heavy atom. The van der Waals surface area contributed by atoms with Crippen LogP contribution in [-0.4, -0.2) is 24.8 Å². The molecule has 0 bridgehead atoms. The van der Waals surface area contributed by atoms with Crippen LogP contribution in [0, 0.1) is 6.92 Å². The Bertz CT molecular complexity index is 436. The Hall–Kier alpha value is -1.26. The zero-order valence-corrected chi connectivity index (χ0v) is 10.5. The average Bonchev–Trinajstić information content (AvgIpc) is 2.57. The fourth-order valence-corrected chi connectivity index (χ4v) is 1.87. The molecule has 1 saturated heterocycles. The van der Waals surface area contributed by atoms with Crippen LogP contribution in [-0.2, 0) is 9.53 Å². The molecule has 2 rings (SSSR count). The molecular weight excluding hydrogens is 242 g/mol. The Kier molecular flexibility index (Phi) is 3.54. The van der Waals surface area contributed by atoms with E-state index in [1.165, 1.54) is 0 Å². The smallest absolute Gasteiger partial charge is 0.251 e. The van der Waals surface area contributed by atoms with Crippen LogP contribution in [0.5, 0.6) is 5.75 Å². The predicted octanol–water partition coefficient (Wildman–Crippen LogP) is 1.89. The number of nitrogens with one attached hydrogen (secondary N) is 1. The molecule has 92 valence electrons. The molecule has 1 aliphatic heterocycles. The lowest BCUT2D eigenvalue weighted by Gasteiger charge is -2.13. The molecule has 1 heterocycles. The third kappa shape index (κ3) is 2.90. The minimum absolute atomic E-state index is 0.105. The van der Waals surface area contributed by atoms with E-state index in [9.17, 15) is 4.79 Å². The second-order valence-electron chi connectivity index (χ2n) is 4.00. The summed E-state index contributed by atoms with van der Waals surface area (Å²) in [4.78, 5) is 11.2. The van der Waals surface area contributed by atoms with E-state index in [1.54, 1.807) is 19.1 Å². The van der Waals surface area contributed by atoms with Gasteiger partial charge in [0.15, 0.2) is 6.23 Å². The van der Waals surface area contributed by atoms with Crippen LogP contribution >= 0.6 is 11.6 Å². The fourth-order valence-electron chi connectivity index (χ4n) is 1.64. The number of halogens is 1. The van der Waals surface area contributed by atoms with Crippen molar-refractivity contribution in [1.82, 2.24) is 5.32 Å². The number of carbonyl (C=O) groups excluding carboxylic acids is 1. The fraction of sp³-hybridized carbons (Fsp3) is 0.417. The SMILES string of the molecule is Cc1cc(Cl)ccc1OC[C@H]1NC(=O)[C@@H](C)O1. The number of aryl methyl sites for hydroxylation is 1. The van der Waals surface area contributed by atoms with E-state index in [0.29, 0.717) is 11.6 Å². The van der Waals surface area contributed by atoms with Gasteiger partial charge < -0.3 is 14.8 Å². The summed E-state index contributed by atoms with van der Waals surface area (Å²) in [7, 11) is 0. The van der Waals surface area contributed by atoms with Gasteiger partial charge in [0.2, 0.25) is 0 Å². The second-order valence-corrected chi connectivity index (χ2v) is 4.43. The molecule has 1 N–H and O–H groups in total. The highest BCUT2D eigenvalue weighted by Crippen LogP contribution is 2.22. The summed E-state index contributed by atoms with van der Waals surface area (Å²) in [5.41, 5.74) is 0.954. The molecule has 0 saturated carbocycles. The molecule has 4 nitrogen and oxygen atoms in total. The van der Waals surface area contributed by atoms with Gasteiger partial charge in [-0.1, -0.05) is 11.6 Å². The summed E-state index contributed by atoms with van der Waals surface area (Å²) in [5.74, 6) is 0.637. The Labute approximate surface area is 105 Å². The quantitative estimate of drug-likeness (QED) is 0.897. The van der Waals surface area contributed by atoms with Gasteiger partial charge in [0.1, 0.15) is 18.5 Å². The first kappa shape index (κ1) is 12.2. The molecule has 0 spiro atoms. The van der Waals surface area contributed by atoms with Crippen molar-refractivity contribution in [2.24, 2.45) is 0 Å². The van der Waals surface area contributed by atoms with Crippen molar-refractivity contribution in [3.8, 4) is 5.75 Å². The van der Waals surface area contributed by atoms with Crippen molar-refractivity contribution < 1.29 is 14.3 Å². The minimum Gasteiger partial charge on any atom is -0.489 e. The van der Waals surface area contributed by atoms with Gasteiger partial charge in [0, 0.05) is 5.02 Å². The van der Waals surface area contributed by atoms with E-state index in [-0.39, 0.29) is 12.1 Å². The van der Waals surface area contributed by atoms with E-state index in [0.717, 1.165) is 11.3 Å². The number of benzene rings is 1. The number of rotatable bonds is 3. The number of ether oxygens (including phenoxy) is 2. The maximum atomic E-state index is 11.2. The number of hydrogen-bond acceptors (Lipinski definition) is 3. The van der Waals surface area contributed by atoms with Crippen LogP contribution in [0.25, 0.3) is 0 Å². The Morgan fingerprint density at radius 1 is 1.53 bits per heavy atom. The summed E-state index contributed by atoms with van der Waals surface area (Å²) in [5, 5.41) is 3.37. The lowest BCUT2D eigenvalue weighted by atomic mass is 10.2. The van der Waals surface area contributed by atoms with E-state index in [1.807, 2.05) is 13.0 Å². The van der Waals surface area contributed by atoms with Crippen LogP contribution in [0.2, 0.25) is 5.02 Å². The van der Waals surface area contributed by atoms with Crippen molar-refractivity contribution in [2.75, 3.05) is 6.61 Å². The third-order valence-electron chi connectivity index (χ3n) is 2.57. The zero-order chi connectivity index (χ0) is 12.4. The number of hydrogen-bond donors (Lipinski definition) is 1. The summed E-state index contributed by atoms with van der Waals surface area (Å²) in [6.07, 6.45) is -0.789. The largest absolute Gasteiger partial charge is 0.489 e. The van der Waals surface area contributed by atoms with Crippen molar-refractivity contribution in [2.45, 2.75) is 26.2 Å². The van der Waals surface area contributed by atoms with Crippen molar-refractivity contribution in [3.63, 3.8) is 0 Å². The molecule has 17 heavy (non-hydrogen) atoms. The monoisotopic (exact) mass is 255 g/mol. The Morgan fingerprint density at radius 3 is 2.88 bits per heavy atom. The molecule has 1 amide bonds. The van der Waals surface area contributed by atoms with Gasteiger partial charge in [-0.05, 0) is 37.6 Å². The van der Waals surface area contributed by atoms with E-state index in [4.69, 9.17) is 21.1 Å². The minimum atomic E-state index is -0.407. The topological polar surface area (TPSA) is 47.6 Å². The molecule has 5 heteroatoms. The van der Waals surface area contributed by atoms with Crippen LogP contribution in [0.1, 0.15) is 12.5 Å². The first-order valence-electron chi connectivity index (χ1n) is 5.41. The Balaban J connectivity index is 1.92. The van der Waals surface area contributed by atoms with E-state index < -0.39 is 6.10 Å². The first-order chi connectivity index (χ1) is 8.06. The van der Waals surface area contributed by atoms with Crippen LogP contribution in [0.15, 0.2) is 18.2 Å². The number of carbonyl (C=O) groups is 1. The highest BCUT2D eigenvalue weighted by Gasteiger charge is 2.29. The summed E-state index contributed by atoms with van der Waals surface area (Å²) >= 11 is 5.85. The second kappa shape index (κ2) is 4.94. The van der Waals surface area contributed by atoms with Gasteiger partial charge in [0.05, 0.1) is 0 Å². The molecule has 1 aliphatic rings. The third-order valence-corrected chi connectivity index (χ3v) is 2.80.